The van der Waals surface area contributed by atoms with Crippen LogP contribution in [0.5, 0.6) is 0 Å². The standard InChI is InChI=1S/C12H17N3O3/c1-15(8-12(18)6-2-3-7-12)11(17)9-4-5-10(16)14-13-9/h4-5,18H,2-3,6-8H2,1H3,(H,14,16). The van der Waals surface area contributed by atoms with Gasteiger partial charge in [0.15, 0.2) is 0 Å². The number of aromatic amines is 1. The molecule has 1 saturated carbocycles. The fraction of sp³-hybridized carbons (Fsp3) is 0.583. The number of nitrogens with zero attached hydrogens (tertiary/aromatic N) is 2. The number of carbonyl (C=O) groups excluding carboxylic acids is 1. The summed E-state index contributed by atoms with van der Waals surface area (Å²) in [6.45, 7) is 0.298. The number of aliphatic hydroxyl groups is 1. The lowest BCUT2D eigenvalue weighted by Gasteiger charge is -2.28. The zero-order chi connectivity index (χ0) is 13.2. The third kappa shape index (κ3) is 2.76. The molecule has 1 aromatic rings. The van der Waals surface area contributed by atoms with Gasteiger partial charge in [0.25, 0.3) is 11.5 Å². The molecule has 2 rings (SSSR count). The first-order valence-electron chi connectivity index (χ1n) is 6.04. The molecule has 0 bridgehead atoms. The van der Waals surface area contributed by atoms with Crippen molar-refractivity contribution in [2.45, 2.75) is 31.3 Å². The van der Waals surface area contributed by atoms with Gasteiger partial charge in [0.2, 0.25) is 0 Å². The lowest BCUT2D eigenvalue weighted by Crippen LogP contribution is -2.42. The Kier molecular flexibility index (Phi) is 3.47. The molecule has 2 N–H and O–H groups in total. The molecule has 1 heterocycles. The van der Waals surface area contributed by atoms with Crippen molar-refractivity contribution in [1.82, 2.24) is 15.1 Å². The number of aromatic nitrogens is 2. The summed E-state index contributed by atoms with van der Waals surface area (Å²) < 4.78 is 0. The Balaban J connectivity index is 2.04. The highest BCUT2D eigenvalue weighted by molar-refractivity contribution is 5.91. The minimum absolute atomic E-state index is 0.179. The maximum absolute atomic E-state index is 12.0. The molecule has 6 heteroatoms. The number of rotatable bonds is 3. The maximum atomic E-state index is 12.0. The van der Waals surface area contributed by atoms with Crippen LogP contribution in [0.25, 0.3) is 0 Å². The van der Waals surface area contributed by atoms with Crippen molar-refractivity contribution in [2.24, 2.45) is 0 Å². The second-order valence-electron chi connectivity index (χ2n) is 4.90. The molecule has 1 fully saturated rings. The largest absolute Gasteiger partial charge is 0.388 e. The molecule has 0 spiro atoms. The topological polar surface area (TPSA) is 86.3 Å². The Morgan fingerprint density at radius 1 is 1.50 bits per heavy atom. The van der Waals surface area contributed by atoms with E-state index in [1.807, 2.05) is 0 Å². The highest BCUT2D eigenvalue weighted by Crippen LogP contribution is 2.30. The highest BCUT2D eigenvalue weighted by atomic mass is 16.3. The molecule has 1 aliphatic rings. The van der Waals surface area contributed by atoms with Crippen LogP contribution in [0, 0.1) is 0 Å². The Hall–Kier alpha value is -1.69. The van der Waals surface area contributed by atoms with E-state index in [4.69, 9.17) is 0 Å². The molecule has 1 aliphatic carbocycles. The molecule has 0 saturated heterocycles. The number of amides is 1. The Bertz CT molecular complexity index is 471. The molecule has 0 atom stereocenters. The van der Waals surface area contributed by atoms with Crippen LogP contribution in [-0.2, 0) is 0 Å². The first-order chi connectivity index (χ1) is 8.50. The van der Waals surface area contributed by atoms with Gasteiger partial charge in [-0.15, -0.1) is 0 Å². The molecular formula is C12H17N3O3. The van der Waals surface area contributed by atoms with Crippen molar-refractivity contribution in [2.75, 3.05) is 13.6 Å². The van der Waals surface area contributed by atoms with Gasteiger partial charge in [-0.3, -0.25) is 9.59 Å². The monoisotopic (exact) mass is 251 g/mol. The summed E-state index contributed by atoms with van der Waals surface area (Å²) in [5, 5.41) is 16.1. The minimum Gasteiger partial charge on any atom is -0.388 e. The molecule has 1 aromatic heterocycles. The van der Waals surface area contributed by atoms with Crippen LogP contribution >= 0.6 is 0 Å². The van der Waals surface area contributed by atoms with Crippen molar-refractivity contribution < 1.29 is 9.90 Å². The van der Waals surface area contributed by atoms with Gasteiger partial charge in [-0.2, -0.15) is 5.10 Å². The van der Waals surface area contributed by atoms with Gasteiger partial charge in [0.1, 0.15) is 5.69 Å². The molecule has 6 nitrogen and oxygen atoms in total. The van der Waals surface area contributed by atoms with E-state index in [1.165, 1.54) is 17.0 Å². The van der Waals surface area contributed by atoms with Gasteiger partial charge in [0, 0.05) is 19.7 Å². The van der Waals surface area contributed by atoms with Crippen LogP contribution in [0.3, 0.4) is 0 Å². The molecule has 0 radical (unpaired) electrons. The normalized spacial score (nSPS) is 17.7. The first kappa shape index (κ1) is 12.8. The second-order valence-corrected chi connectivity index (χ2v) is 4.90. The Morgan fingerprint density at radius 3 is 2.72 bits per heavy atom. The smallest absolute Gasteiger partial charge is 0.274 e. The number of hydrogen-bond acceptors (Lipinski definition) is 4. The van der Waals surface area contributed by atoms with Crippen molar-refractivity contribution in [1.29, 1.82) is 0 Å². The quantitative estimate of drug-likeness (QED) is 0.800. The fourth-order valence-electron chi connectivity index (χ4n) is 2.36. The third-order valence-corrected chi connectivity index (χ3v) is 3.31. The van der Waals surface area contributed by atoms with Crippen molar-refractivity contribution in [3.63, 3.8) is 0 Å². The van der Waals surface area contributed by atoms with Crippen LogP contribution in [-0.4, -0.2) is 45.3 Å². The van der Waals surface area contributed by atoms with E-state index in [2.05, 4.69) is 10.2 Å². The predicted octanol–water partition coefficient (Wildman–Crippen LogP) is 0.147. The van der Waals surface area contributed by atoms with Crippen LogP contribution in [0.2, 0.25) is 0 Å². The maximum Gasteiger partial charge on any atom is 0.274 e. The van der Waals surface area contributed by atoms with Gasteiger partial charge >= 0.3 is 0 Å². The second kappa shape index (κ2) is 4.89. The molecule has 18 heavy (non-hydrogen) atoms. The molecule has 0 unspecified atom stereocenters. The first-order valence-corrected chi connectivity index (χ1v) is 6.04. The number of carbonyl (C=O) groups is 1. The van der Waals surface area contributed by atoms with E-state index in [-0.39, 0.29) is 17.2 Å². The van der Waals surface area contributed by atoms with Crippen LogP contribution in [0.1, 0.15) is 36.2 Å². The van der Waals surface area contributed by atoms with Crippen LogP contribution < -0.4 is 5.56 Å². The zero-order valence-corrected chi connectivity index (χ0v) is 10.3. The van der Waals surface area contributed by atoms with Gasteiger partial charge in [-0.05, 0) is 18.9 Å². The van der Waals surface area contributed by atoms with E-state index >= 15 is 0 Å². The molecule has 0 aliphatic heterocycles. The third-order valence-electron chi connectivity index (χ3n) is 3.31. The van der Waals surface area contributed by atoms with Gasteiger partial charge in [-0.1, -0.05) is 12.8 Å². The van der Waals surface area contributed by atoms with E-state index < -0.39 is 5.60 Å². The number of likely N-dealkylation sites (N-methyl/N-ethyl adjacent to an activating group) is 1. The Labute approximate surface area is 105 Å². The van der Waals surface area contributed by atoms with Gasteiger partial charge in [-0.25, -0.2) is 5.10 Å². The summed E-state index contributed by atoms with van der Waals surface area (Å²) in [5.41, 5.74) is -0.936. The van der Waals surface area contributed by atoms with Crippen molar-refractivity contribution in [3.8, 4) is 0 Å². The predicted molar refractivity (Wildman–Crippen MR) is 65.2 cm³/mol. The number of hydrogen-bond donors (Lipinski definition) is 2. The van der Waals surface area contributed by atoms with Crippen LogP contribution in [0.15, 0.2) is 16.9 Å². The number of nitrogens with one attached hydrogen (secondary N) is 1. The van der Waals surface area contributed by atoms with E-state index in [0.29, 0.717) is 6.54 Å². The van der Waals surface area contributed by atoms with E-state index in [0.717, 1.165) is 25.7 Å². The lowest BCUT2D eigenvalue weighted by atomic mass is 10.0. The van der Waals surface area contributed by atoms with Crippen LogP contribution in [0.4, 0.5) is 0 Å². The summed E-state index contributed by atoms with van der Waals surface area (Å²) in [6.07, 6.45) is 3.44. The van der Waals surface area contributed by atoms with Crippen molar-refractivity contribution in [3.05, 3.63) is 28.2 Å². The molecular weight excluding hydrogens is 234 g/mol. The highest BCUT2D eigenvalue weighted by Gasteiger charge is 2.33. The fourth-order valence-corrected chi connectivity index (χ4v) is 2.36. The Morgan fingerprint density at radius 2 is 2.17 bits per heavy atom. The summed E-state index contributed by atoms with van der Waals surface area (Å²) in [6, 6.07) is 2.65. The zero-order valence-electron chi connectivity index (χ0n) is 10.3. The average molecular weight is 251 g/mol. The lowest BCUT2D eigenvalue weighted by molar-refractivity contribution is 0.0154. The summed E-state index contributed by atoms with van der Waals surface area (Å²) >= 11 is 0. The summed E-state index contributed by atoms with van der Waals surface area (Å²) in [5.74, 6) is -0.299. The summed E-state index contributed by atoms with van der Waals surface area (Å²) in [4.78, 5) is 24.3. The molecule has 1 amide bonds. The molecule has 98 valence electrons. The SMILES string of the molecule is CN(CC1(O)CCCC1)C(=O)c1ccc(=O)[nH]n1. The summed E-state index contributed by atoms with van der Waals surface area (Å²) in [7, 11) is 1.63. The minimum atomic E-state index is -0.771. The molecule has 0 aromatic carbocycles. The van der Waals surface area contributed by atoms with E-state index in [1.54, 1.807) is 7.05 Å². The number of H-pyrrole nitrogens is 1. The van der Waals surface area contributed by atoms with Crippen molar-refractivity contribution >= 4 is 5.91 Å². The van der Waals surface area contributed by atoms with Gasteiger partial charge in [0.05, 0.1) is 5.60 Å². The van der Waals surface area contributed by atoms with E-state index in [9.17, 15) is 14.7 Å². The van der Waals surface area contributed by atoms with Gasteiger partial charge < -0.3 is 10.0 Å². The average Bonchev–Trinajstić information content (AvgIpc) is 2.76.